The fourth-order valence-corrected chi connectivity index (χ4v) is 2.12. The Labute approximate surface area is 116 Å². The standard InChI is InChI=1S/C17H22N2/c1-4-19-11-10-14(2)12-17(19)13-18-15(3)16-8-6-5-7-9-16/h5-13,15,18H,4H2,1-3H3. The maximum atomic E-state index is 3.47. The van der Waals surface area contributed by atoms with Gasteiger partial charge in [-0.25, -0.2) is 0 Å². The van der Waals surface area contributed by atoms with Crippen molar-refractivity contribution in [2.45, 2.75) is 26.8 Å². The summed E-state index contributed by atoms with van der Waals surface area (Å²) >= 11 is 0. The highest BCUT2D eigenvalue weighted by atomic mass is 15.1. The molecule has 2 rings (SSSR count). The molecule has 1 N–H and O–H groups in total. The van der Waals surface area contributed by atoms with Gasteiger partial charge in [-0.15, -0.1) is 0 Å². The summed E-state index contributed by atoms with van der Waals surface area (Å²) in [6.07, 6.45) is 8.58. The van der Waals surface area contributed by atoms with Crippen LogP contribution >= 0.6 is 0 Å². The van der Waals surface area contributed by atoms with E-state index in [0.717, 1.165) is 6.54 Å². The normalized spacial score (nSPS) is 18.4. The highest BCUT2D eigenvalue weighted by Crippen LogP contribution is 2.17. The lowest BCUT2D eigenvalue weighted by atomic mass is 10.1. The fourth-order valence-electron chi connectivity index (χ4n) is 2.12. The zero-order chi connectivity index (χ0) is 13.7. The summed E-state index contributed by atoms with van der Waals surface area (Å²) in [6.45, 7) is 7.44. The van der Waals surface area contributed by atoms with E-state index < -0.39 is 0 Å². The molecular weight excluding hydrogens is 232 g/mol. The zero-order valence-electron chi connectivity index (χ0n) is 11.9. The van der Waals surface area contributed by atoms with Gasteiger partial charge in [-0.1, -0.05) is 30.3 Å². The summed E-state index contributed by atoms with van der Waals surface area (Å²) in [6, 6.07) is 10.8. The quantitative estimate of drug-likeness (QED) is 0.874. The molecule has 2 nitrogen and oxygen atoms in total. The SMILES string of the molecule is CCN1C=CC(C)=CC1=CNC(C)c1ccccc1. The molecule has 0 saturated heterocycles. The minimum absolute atomic E-state index is 0.312. The molecule has 1 aromatic rings. The Kier molecular flexibility index (Phi) is 4.45. The highest BCUT2D eigenvalue weighted by Gasteiger charge is 2.08. The van der Waals surface area contributed by atoms with Crippen molar-refractivity contribution in [1.82, 2.24) is 10.2 Å². The number of hydrogen-bond acceptors (Lipinski definition) is 2. The second-order valence-corrected chi connectivity index (χ2v) is 4.86. The average molecular weight is 254 g/mol. The van der Waals surface area contributed by atoms with Gasteiger partial charge >= 0.3 is 0 Å². The monoisotopic (exact) mass is 254 g/mol. The summed E-state index contributed by atoms with van der Waals surface area (Å²) in [5.41, 5.74) is 3.80. The summed E-state index contributed by atoms with van der Waals surface area (Å²) in [7, 11) is 0. The van der Waals surface area contributed by atoms with Gasteiger partial charge in [-0.3, -0.25) is 0 Å². The van der Waals surface area contributed by atoms with Crippen molar-refractivity contribution in [2.75, 3.05) is 6.54 Å². The van der Waals surface area contributed by atoms with Gasteiger partial charge in [0, 0.05) is 25.0 Å². The van der Waals surface area contributed by atoms with Gasteiger partial charge in [-0.2, -0.15) is 0 Å². The van der Waals surface area contributed by atoms with Crippen molar-refractivity contribution >= 4 is 0 Å². The van der Waals surface area contributed by atoms with Crippen molar-refractivity contribution in [1.29, 1.82) is 0 Å². The van der Waals surface area contributed by atoms with E-state index >= 15 is 0 Å². The number of allylic oxidation sites excluding steroid dienone is 3. The van der Waals surface area contributed by atoms with Crippen LogP contribution in [0.15, 0.2) is 66.2 Å². The second kappa shape index (κ2) is 6.28. The van der Waals surface area contributed by atoms with E-state index in [9.17, 15) is 0 Å². The fraction of sp³-hybridized carbons (Fsp3) is 0.294. The molecule has 100 valence electrons. The number of benzene rings is 1. The maximum absolute atomic E-state index is 3.47. The predicted octanol–water partition coefficient (Wildman–Crippen LogP) is 3.97. The topological polar surface area (TPSA) is 15.3 Å². The lowest BCUT2D eigenvalue weighted by Gasteiger charge is -2.24. The zero-order valence-corrected chi connectivity index (χ0v) is 11.9. The van der Waals surface area contributed by atoms with Crippen LogP contribution in [0.4, 0.5) is 0 Å². The number of nitrogens with zero attached hydrogens (tertiary/aromatic N) is 1. The summed E-state index contributed by atoms with van der Waals surface area (Å²) in [5, 5.41) is 3.47. The molecule has 0 radical (unpaired) electrons. The Bertz CT molecular complexity index is 497. The van der Waals surface area contributed by atoms with Gasteiger partial charge < -0.3 is 10.2 Å². The number of nitrogens with one attached hydrogen (secondary N) is 1. The lowest BCUT2D eigenvalue weighted by molar-refractivity contribution is 0.493. The summed E-state index contributed by atoms with van der Waals surface area (Å²) in [5.74, 6) is 0. The third-order valence-corrected chi connectivity index (χ3v) is 3.35. The largest absolute Gasteiger partial charge is 0.383 e. The Morgan fingerprint density at radius 2 is 2.00 bits per heavy atom. The van der Waals surface area contributed by atoms with E-state index in [4.69, 9.17) is 0 Å². The van der Waals surface area contributed by atoms with Crippen LogP contribution in [0.1, 0.15) is 32.4 Å². The molecule has 1 unspecified atom stereocenters. The maximum Gasteiger partial charge on any atom is 0.0568 e. The van der Waals surface area contributed by atoms with Crippen molar-refractivity contribution in [3.63, 3.8) is 0 Å². The molecule has 0 bridgehead atoms. The predicted molar refractivity (Wildman–Crippen MR) is 81.4 cm³/mol. The van der Waals surface area contributed by atoms with Crippen LogP contribution in [-0.4, -0.2) is 11.4 Å². The van der Waals surface area contributed by atoms with Crippen molar-refractivity contribution in [2.24, 2.45) is 0 Å². The first kappa shape index (κ1) is 13.5. The lowest BCUT2D eigenvalue weighted by Crippen LogP contribution is -2.21. The van der Waals surface area contributed by atoms with E-state index in [2.05, 4.69) is 79.8 Å². The van der Waals surface area contributed by atoms with Crippen LogP contribution in [0.3, 0.4) is 0 Å². The molecule has 1 aliphatic heterocycles. The van der Waals surface area contributed by atoms with E-state index in [-0.39, 0.29) is 0 Å². The molecule has 19 heavy (non-hydrogen) atoms. The molecule has 1 aliphatic rings. The summed E-state index contributed by atoms with van der Waals surface area (Å²) in [4.78, 5) is 2.23. The van der Waals surface area contributed by atoms with Crippen LogP contribution < -0.4 is 5.32 Å². The third kappa shape index (κ3) is 3.50. The van der Waals surface area contributed by atoms with Crippen molar-refractivity contribution in [3.8, 4) is 0 Å². The van der Waals surface area contributed by atoms with E-state index in [0.29, 0.717) is 6.04 Å². The van der Waals surface area contributed by atoms with Crippen molar-refractivity contribution < 1.29 is 0 Å². The van der Waals surface area contributed by atoms with E-state index in [1.165, 1.54) is 16.8 Å². The summed E-state index contributed by atoms with van der Waals surface area (Å²) < 4.78 is 0. The molecule has 1 aromatic carbocycles. The van der Waals surface area contributed by atoms with Crippen LogP contribution in [0, 0.1) is 0 Å². The van der Waals surface area contributed by atoms with Crippen LogP contribution in [0.25, 0.3) is 0 Å². The second-order valence-electron chi connectivity index (χ2n) is 4.86. The molecule has 0 spiro atoms. The average Bonchev–Trinajstić information content (AvgIpc) is 2.46. The highest BCUT2D eigenvalue weighted by molar-refractivity contribution is 5.33. The first-order chi connectivity index (χ1) is 9.20. The molecular formula is C17H22N2. The van der Waals surface area contributed by atoms with Gasteiger partial charge in [0.25, 0.3) is 0 Å². The Balaban J connectivity index is 2.07. The third-order valence-electron chi connectivity index (χ3n) is 3.35. The Hall–Kier alpha value is -1.96. The molecule has 0 amide bonds. The van der Waals surface area contributed by atoms with Gasteiger partial charge in [0.15, 0.2) is 0 Å². The van der Waals surface area contributed by atoms with E-state index in [1.54, 1.807) is 0 Å². The first-order valence-electron chi connectivity index (χ1n) is 6.85. The minimum Gasteiger partial charge on any atom is -0.383 e. The molecule has 0 aromatic heterocycles. The van der Waals surface area contributed by atoms with Crippen LogP contribution in [-0.2, 0) is 0 Å². The van der Waals surface area contributed by atoms with Gasteiger partial charge in [-0.05, 0) is 44.1 Å². The molecule has 1 atom stereocenters. The number of rotatable bonds is 4. The van der Waals surface area contributed by atoms with E-state index in [1.807, 2.05) is 6.07 Å². The minimum atomic E-state index is 0.312. The molecule has 0 aliphatic carbocycles. The molecule has 2 heteroatoms. The Morgan fingerprint density at radius 3 is 2.68 bits per heavy atom. The van der Waals surface area contributed by atoms with Gasteiger partial charge in [0.05, 0.1) is 5.70 Å². The Morgan fingerprint density at radius 1 is 1.26 bits per heavy atom. The molecule has 1 heterocycles. The van der Waals surface area contributed by atoms with Crippen LogP contribution in [0.5, 0.6) is 0 Å². The number of hydrogen-bond donors (Lipinski definition) is 1. The number of likely N-dealkylation sites (N-methyl/N-ethyl adjacent to an activating group) is 1. The van der Waals surface area contributed by atoms with Gasteiger partial charge in [0.2, 0.25) is 0 Å². The first-order valence-corrected chi connectivity index (χ1v) is 6.85. The molecule has 0 fully saturated rings. The van der Waals surface area contributed by atoms with Crippen molar-refractivity contribution in [3.05, 3.63) is 71.7 Å². The molecule has 0 saturated carbocycles. The van der Waals surface area contributed by atoms with Crippen LogP contribution in [0.2, 0.25) is 0 Å². The van der Waals surface area contributed by atoms with Gasteiger partial charge in [0.1, 0.15) is 0 Å². The smallest absolute Gasteiger partial charge is 0.0568 e.